The van der Waals surface area contributed by atoms with Crippen LogP contribution in [0.2, 0.25) is 0 Å². The van der Waals surface area contributed by atoms with Crippen molar-refractivity contribution in [2.45, 2.75) is 6.54 Å². The van der Waals surface area contributed by atoms with Gasteiger partial charge in [0, 0.05) is 12.2 Å². The summed E-state index contributed by atoms with van der Waals surface area (Å²) in [5, 5.41) is 9.41. The number of phenols is 1. The molecule has 5 N–H and O–H groups in total. The Balaban J connectivity index is 2.48. The van der Waals surface area contributed by atoms with E-state index in [9.17, 15) is 5.11 Å². The first-order valence-electron chi connectivity index (χ1n) is 5.08. The lowest BCUT2D eigenvalue weighted by Crippen LogP contribution is -2.01. The molecule has 0 aliphatic carbocycles. The minimum absolute atomic E-state index is 0.253. The standard InChI is InChI=1S/C13H14N2O/c14-8-11-6-10(4-5-13(11)15)9-2-1-3-12(16)7-9/h1-7,16H,8,14-15H2. The van der Waals surface area contributed by atoms with Gasteiger partial charge in [0.2, 0.25) is 0 Å². The zero-order valence-corrected chi connectivity index (χ0v) is 8.85. The smallest absolute Gasteiger partial charge is 0.116 e. The van der Waals surface area contributed by atoms with Gasteiger partial charge in [-0.25, -0.2) is 0 Å². The van der Waals surface area contributed by atoms with Crippen LogP contribution in [0.25, 0.3) is 11.1 Å². The molecule has 82 valence electrons. The molecule has 2 aromatic carbocycles. The van der Waals surface area contributed by atoms with E-state index in [2.05, 4.69) is 0 Å². The number of aromatic hydroxyl groups is 1. The van der Waals surface area contributed by atoms with Gasteiger partial charge in [0.25, 0.3) is 0 Å². The highest BCUT2D eigenvalue weighted by Gasteiger charge is 2.02. The molecule has 3 nitrogen and oxygen atoms in total. The first kappa shape index (κ1) is 10.5. The molecule has 2 rings (SSSR count). The Kier molecular flexibility index (Phi) is 2.79. The van der Waals surface area contributed by atoms with Crippen LogP contribution in [-0.4, -0.2) is 5.11 Å². The lowest BCUT2D eigenvalue weighted by molar-refractivity contribution is 0.475. The van der Waals surface area contributed by atoms with Crippen LogP contribution in [0.4, 0.5) is 5.69 Å². The Morgan fingerprint density at radius 2 is 1.75 bits per heavy atom. The molecule has 2 aromatic rings. The molecular weight excluding hydrogens is 200 g/mol. The van der Waals surface area contributed by atoms with Gasteiger partial charge < -0.3 is 16.6 Å². The normalized spacial score (nSPS) is 10.3. The van der Waals surface area contributed by atoms with Gasteiger partial charge in [0.1, 0.15) is 5.75 Å². The van der Waals surface area contributed by atoms with Crippen LogP contribution in [-0.2, 0) is 6.54 Å². The molecule has 0 aromatic heterocycles. The van der Waals surface area contributed by atoms with E-state index in [0.29, 0.717) is 12.2 Å². The maximum Gasteiger partial charge on any atom is 0.116 e. The molecule has 16 heavy (non-hydrogen) atoms. The van der Waals surface area contributed by atoms with Crippen molar-refractivity contribution in [1.29, 1.82) is 0 Å². The van der Waals surface area contributed by atoms with Gasteiger partial charge in [-0.15, -0.1) is 0 Å². The predicted octanol–water partition coefficient (Wildman–Crippen LogP) is 2.10. The van der Waals surface area contributed by atoms with Crippen molar-refractivity contribution in [3.05, 3.63) is 48.0 Å². The quantitative estimate of drug-likeness (QED) is 0.670. The van der Waals surface area contributed by atoms with Gasteiger partial charge in [0.05, 0.1) is 0 Å². The summed E-state index contributed by atoms with van der Waals surface area (Å²) in [6.07, 6.45) is 0. The topological polar surface area (TPSA) is 72.3 Å². The van der Waals surface area contributed by atoms with Crippen LogP contribution < -0.4 is 11.5 Å². The van der Waals surface area contributed by atoms with E-state index in [-0.39, 0.29) is 5.75 Å². The van der Waals surface area contributed by atoms with E-state index in [4.69, 9.17) is 11.5 Å². The molecule has 0 saturated heterocycles. The molecule has 0 fully saturated rings. The van der Waals surface area contributed by atoms with Gasteiger partial charge in [0.15, 0.2) is 0 Å². The van der Waals surface area contributed by atoms with Crippen LogP contribution in [0.3, 0.4) is 0 Å². The number of hydrogen-bond acceptors (Lipinski definition) is 3. The Morgan fingerprint density at radius 3 is 2.44 bits per heavy atom. The summed E-state index contributed by atoms with van der Waals surface area (Å²) in [7, 11) is 0. The molecule has 0 bridgehead atoms. The molecule has 0 aliphatic heterocycles. The highest BCUT2D eigenvalue weighted by molar-refractivity contribution is 5.68. The third-order valence-corrected chi connectivity index (χ3v) is 2.54. The molecule has 0 heterocycles. The van der Waals surface area contributed by atoms with Crippen molar-refractivity contribution in [2.75, 3.05) is 5.73 Å². The highest BCUT2D eigenvalue weighted by Crippen LogP contribution is 2.26. The van der Waals surface area contributed by atoms with Crippen molar-refractivity contribution in [1.82, 2.24) is 0 Å². The molecule has 3 heteroatoms. The fourth-order valence-corrected chi connectivity index (χ4v) is 1.65. The van der Waals surface area contributed by atoms with Gasteiger partial charge in [-0.05, 0) is 41.0 Å². The van der Waals surface area contributed by atoms with Crippen LogP contribution >= 0.6 is 0 Å². The summed E-state index contributed by atoms with van der Waals surface area (Å²) in [5.74, 6) is 0.253. The maximum absolute atomic E-state index is 9.41. The second-order valence-corrected chi connectivity index (χ2v) is 3.67. The van der Waals surface area contributed by atoms with Gasteiger partial charge in [-0.2, -0.15) is 0 Å². The Hall–Kier alpha value is -2.00. The summed E-state index contributed by atoms with van der Waals surface area (Å²) in [4.78, 5) is 0. The molecule has 0 amide bonds. The van der Waals surface area contributed by atoms with E-state index in [0.717, 1.165) is 16.7 Å². The number of phenolic OH excluding ortho intramolecular Hbond substituents is 1. The SMILES string of the molecule is NCc1cc(-c2cccc(O)c2)ccc1N. The van der Waals surface area contributed by atoms with Crippen molar-refractivity contribution in [3.8, 4) is 16.9 Å². The van der Waals surface area contributed by atoms with Crippen molar-refractivity contribution in [3.63, 3.8) is 0 Å². The second-order valence-electron chi connectivity index (χ2n) is 3.67. The average Bonchev–Trinajstić information content (AvgIpc) is 2.29. The molecule has 0 atom stereocenters. The molecular formula is C13H14N2O. The lowest BCUT2D eigenvalue weighted by Gasteiger charge is -2.07. The largest absolute Gasteiger partial charge is 0.508 e. The number of hydrogen-bond donors (Lipinski definition) is 3. The van der Waals surface area contributed by atoms with Crippen molar-refractivity contribution < 1.29 is 5.11 Å². The molecule has 0 radical (unpaired) electrons. The molecule has 0 unspecified atom stereocenters. The van der Waals surface area contributed by atoms with Crippen molar-refractivity contribution >= 4 is 5.69 Å². The monoisotopic (exact) mass is 214 g/mol. The fraction of sp³-hybridized carbons (Fsp3) is 0.0769. The predicted molar refractivity (Wildman–Crippen MR) is 65.8 cm³/mol. The number of benzene rings is 2. The van der Waals surface area contributed by atoms with E-state index >= 15 is 0 Å². The fourth-order valence-electron chi connectivity index (χ4n) is 1.65. The lowest BCUT2D eigenvalue weighted by atomic mass is 10.0. The van der Waals surface area contributed by atoms with Crippen LogP contribution in [0.5, 0.6) is 5.75 Å². The summed E-state index contributed by atoms with van der Waals surface area (Å²) < 4.78 is 0. The van der Waals surface area contributed by atoms with Crippen LogP contribution in [0, 0.1) is 0 Å². The third-order valence-electron chi connectivity index (χ3n) is 2.54. The van der Waals surface area contributed by atoms with E-state index in [1.165, 1.54) is 0 Å². The van der Waals surface area contributed by atoms with Crippen molar-refractivity contribution in [2.24, 2.45) is 5.73 Å². The number of rotatable bonds is 2. The summed E-state index contributed by atoms with van der Waals surface area (Å²) in [5.41, 5.74) is 15.0. The second kappa shape index (κ2) is 4.24. The van der Waals surface area contributed by atoms with E-state index in [1.54, 1.807) is 12.1 Å². The number of nitrogens with two attached hydrogens (primary N) is 2. The third kappa shape index (κ3) is 1.99. The number of anilines is 1. The molecule has 0 aliphatic rings. The molecule has 0 spiro atoms. The minimum Gasteiger partial charge on any atom is -0.508 e. The average molecular weight is 214 g/mol. The van der Waals surface area contributed by atoms with E-state index in [1.807, 2.05) is 30.3 Å². The highest BCUT2D eigenvalue weighted by atomic mass is 16.3. The first-order chi connectivity index (χ1) is 7.70. The molecule has 0 saturated carbocycles. The Bertz CT molecular complexity index is 509. The van der Waals surface area contributed by atoms with E-state index < -0.39 is 0 Å². The van der Waals surface area contributed by atoms with Crippen LogP contribution in [0.15, 0.2) is 42.5 Å². The van der Waals surface area contributed by atoms with Gasteiger partial charge >= 0.3 is 0 Å². The van der Waals surface area contributed by atoms with Gasteiger partial charge in [-0.1, -0.05) is 18.2 Å². The minimum atomic E-state index is 0.253. The summed E-state index contributed by atoms with van der Waals surface area (Å²) in [6.45, 7) is 0.415. The summed E-state index contributed by atoms with van der Waals surface area (Å²) in [6, 6.07) is 12.8. The first-order valence-corrected chi connectivity index (χ1v) is 5.08. The van der Waals surface area contributed by atoms with Gasteiger partial charge in [-0.3, -0.25) is 0 Å². The Labute approximate surface area is 94.3 Å². The summed E-state index contributed by atoms with van der Waals surface area (Å²) >= 11 is 0. The number of nitrogen functional groups attached to an aromatic ring is 1. The Morgan fingerprint density at radius 1 is 1.00 bits per heavy atom. The zero-order valence-electron chi connectivity index (χ0n) is 8.85. The zero-order chi connectivity index (χ0) is 11.5. The maximum atomic E-state index is 9.41. The van der Waals surface area contributed by atoms with Crippen LogP contribution in [0.1, 0.15) is 5.56 Å².